The van der Waals surface area contributed by atoms with Crippen LogP contribution >= 0.6 is 15.9 Å². The normalized spacial score (nSPS) is 34.1. The number of carbonyl (C=O) groups is 2. The van der Waals surface area contributed by atoms with Crippen molar-refractivity contribution < 1.29 is 49.4 Å². The van der Waals surface area contributed by atoms with E-state index < -0.39 is 56.6 Å². The summed E-state index contributed by atoms with van der Waals surface area (Å²) in [6.45, 7) is 5.65. The zero-order valence-corrected chi connectivity index (χ0v) is 26.5. The summed E-state index contributed by atoms with van der Waals surface area (Å²) < 4.78 is 12.3. The smallest absolute Gasteiger partial charge is 0.264 e. The van der Waals surface area contributed by atoms with Gasteiger partial charge in [-0.2, -0.15) is 0 Å². The monoisotopic (exact) mass is 680 g/mol. The molecule has 0 unspecified atom stereocenters. The molecular weight excluding hydrogens is 644 g/mol. The first-order valence-corrected chi connectivity index (χ1v) is 17.9. The molecule has 7 N–H and O–H groups in total. The number of nitrogens with zero attached hydrogens (tertiary/aromatic N) is 1. The fourth-order valence-electron chi connectivity index (χ4n) is 6.77. The third-order valence-corrected chi connectivity index (χ3v) is 11.8. The van der Waals surface area contributed by atoms with Crippen LogP contribution in [0.15, 0.2) is 46.9 Å². The Kier molecular flexibility index (Phi) is 8.92. The fraction of sp³-hybridized carbons (Fsp3) is 0.517. The molecule has 43 heavy (non-hydrogen) atoms. The molecule has 2 aromatic rings. The number of halogens is 1. The van der Waals surface area contributed by atoms with Gasteiger partial charge in [-0.3, -0.25) is 9.59 Å². The van der Waals surface area contributed by atoms with Crippen LogP contribution in [0.3, 0.4) is 0 Å². The summed E-state index contributed by atoms with van der Waals surface area (Å²) >= 11 is 3.53. The Labute approximate surface area is 258 Å². The molecular formula is C29H37BrN2O10Si. The summed E-state index contributed by atoms with van der Waals surface area (Å²) in [6.07, 6.45) is -8.89. The van der Waals surface area contributed by atoms with Crippen molar-refractivity contribution in [2.24, 2.45) is 5.92 Å². The summed E-state index contributed by atoms with van der Waals surface area (Å²) in [4.78, 5) is 39.9. The molecule has 3 aliphatic rings. The highest BCUT2D eigenvalue weighted by Gasteiger charge is 2.66. The first-order chi connectivity index (χ1) is 20.2. The highest BCUT2D eigenvalue weighted by Crippen LogP contribution is 2.60. The van der Waals surface area contributed by atoms with Crippen molar-refractivity contribution in [1.29, 1.82) is 0 Å². The minimum atomic E-state index is -2.81. The number of amides is 2. The topological polar surface area (TPSA) is 189 Å². The summed E-state index contributed by atoms with van der Waals surface area (Å²) in [5.41, 5.74) is 0.856. The Morgan fingerprint density at radius 2 is 1.74 bits per heavy atom. The maximum Gasteiger partial charge on any atom is 0.264 e. The Morgan fingerprint density at radius 3 is 2.37 bits per heavy atom. The summed E-state index contributed by atoms with van der Waals surface area (Å²) in [5.74, 6) is -1.43. The van der Waals surface area contributed by atoms with Crippen molar-refractivity contribution in [3.8, 4) is 0 Å². The van der Waals surface area contributed by atoms with Gasteiger partial charge in [-0.05, 0) is 55.4 Å². The summed E-state index contributed by atoms with van der Waals surface area (Å²) in [5, 5.41) is 51.7. The van der Waals surface area contributed by atoms with E-state index in [9.17, 15) is 39.9 Å². The SMILES string of the molecule is C[C@@H]1[C@@H]([Si](C)(C)O)[C@H](CCO)O[C@@]12C(=O)N(Cc1ccc(NC(=O)[C@H]3O[C@@H](O)[C@H](O)[C@@H](O)[C@@H]3O)cc1)c1ccc(Br)cc12. The van der Waals surface area contributed by atoms with Crippen molar-refractivity contribution in [2.45, 2.75) is 80.9 Å². The lowest BCUT2D eigenvalue weighted by molar-refractivity contribution is -0.274. The van der Waals surface area contributed by atoms with Gasteiger partial charge in [-0.15, -0.1) is 0 Å². The lowest BCUT2D eigenvalue weighted by Crippen LogP contribution is -2.60. The summed E-state index contributed by atoms with van der Waals surface area (Å²) in [6, 6.07) is 12.2. The van der Waals surface area contributed by atoms with Gasteiger partial charge in [0.25, 0.3) is 11.8 Å². The van der Waals surface area contributed by atoms with Gasteiger partial charge in [-0.25, -0.2) is 0 Å². The van der Waals surface area contributed by atoms with Gasteiger partial charge in [0.2, 0.25) is 0 Å². The zero-order chi connectivity index (χ0) is 31.4. The van der Waals surface area contributed by atoms with Crippen molar-refractivity contribution in [2.75, 3.05) is 16.8 Å². The number of aliphatic hydroxyl groups is 5. The standard InChI is InChI=1S/C29H37BrN2O10Si/c1-14-25(43(2,3)40)20(10-11-33)42-29(14)18-12-16(30)6-9-19(18)32(28(29)39)13-15-4-7-17(8-5-15)31-26(37)24-22(35)21(34)23(36)27(38)41-24/h4-9,12,14,20-25,27,33-36,38,40H,10-11,13H2,1-3H3,(H,31,37)/t14-,20+,21+,22+,23-,24+,25-,27-,29+/m1/s1. The number of hydrogen-bond donors (Lipinski definition) is 7. The van der Waals surface area contributed by atoms with E-state index in [0.717, 1.165) is 10.0 Å². The molecule has 0 radical (unpaired) electrons. The highest BCUT2D eigenvalue weighted by atomic mass is 79.9. The van der Waals surface area contributed by atoms with E-state index in [1.807, 2.05) is 38.2 Å². The van der Waals surface area contributed by atoms with Gasteiger partial charge in [0.15, 0.2) is 26.3 Å². The third kappa shape index (κ3) is 5.58. The van der Waals surface area contributed by atoms with Crippen LogP contribution in [0.4, 0.5) is 11.4 Å². The average molecular weight is 682 g/mol. The van der Waals surface area contributed by atoms with Crippen molar-refractivity contribution in [3.63, 3.8) is 0 Å². The van der Waals surface area contributed by atoms with Crippen molar-refractivity contribution in [1.82, 2.24) is 0 Å². The van der Waals surface area contributed by atoms with E-state index >= 15 is 0 Å². The number of rotatable bonds is 7. The van der Waals surface area contributed by atoms with E-state index in [4.69, 9.17) is 9.47 Å². The molecule has 14 heteroatoms. The van der Waals surface area contributed by atoms with Crippen LogP contribution in [0, 0.1) is 5.92 Å². The molecule has 234 valence electrons. The number of nitrogens with one attached hydrogen (secondary N) is 1. The number of benzene rings is 2. The first-order valence-electron chi connectivity index (χ1n) is 14.1. The molecule has 2 aromatic carbocycles. The minimum Gasteiger partial charge on any atom is -0.432 e. The van der Waals surface area contributed by atoms with E-state index in [-0.39, 0.29) is 30.5 Å². The summed E-state index contributed by atoms with van der Waals surface area (Å²) in [7, 11) is -2.81. The Balaban J connectivity index is 1.38. The molecule has 1 spiro atoms. The van der Waals surface area contributed by atoms with Crippen LogP contribution in [0.25, 0.3) is 0 Å². The Hall–Kier alpha value is -2.24. The molecule has 2 saturated heterocycles. The van der Waals surface area contributed by atoms with Crippen molar-refractivity contribution >= 4 is 47.4 Å². The van der Waals surface area contributed by atoms with Crippen LogP contribution in [0.2, 0.25) is 18.6 Å². The number of ether oxygens (including phenoxy) is 2. The van der Waals surface area contributed by atoms with Crippen LogP contribution in [0.5, 0.6) is 0 Å². The van der Waals surface area contributed by atoms with Gasteiger partial charge in [0, 0.05) is 33.8 Å². The van der Waals surface area contributed by atoms with Gasteiger partial charge >= 0.3 is 0 Å². The molecule has 3 heterocycles. The molecule has 0 aromatic heterocycles. The van der Waals surface area contributed by atoms with E-state index in [2.05, 4.69) is 21.2 Å². The quantitative estimate of drug-likeness (QED) is 0.207. The first kappa shape index (κ1) is 32.2. The molecule has 0 aliphatic carbocycles. The molecule has 12 nitrogen and oxygen atoms in total. The second-order valence-electron chi connectivity index (χ2n) is 12.0. The zero-order valence-electron chi connectivity index (χ0n) is 23.9. The maximum absolute atomic E-state index is 14.3. The molecule has 0 saturated carbocycles. The number of fused-ring (bicyclic) bond motifs is 2. The molecule has 0 bridgehead atoms. The van der Waals surface area contributed by atoms with Crippen molar-refractivity contribution in [3.05, 3.63) is 58.1 Å². The van der Waals surface area contributed by atoms with Gasteiger partial charge < -0.3 is 50.0 Å². The predicted molar refractivity (Wildman–Crippen MR) is 160 cm³/mol. The van der Waals surface area contributed by atoms with Gasteiger partial charge in [-0.1, -0.05) is 35.0 Å². The lowest BCUT2D eigenvalue weighted by atomic mass is 9.82. The highest BCUT2D eigenvalue weighted by molar-refractivity contribution is 9.10. The van der Waals surface area contributed by atoms with E-state index in [0.29, 0.717) is 23.4 Å². The predicted octanol–water partition coefficient (Wildman–Crippen LogP) is 0.915. The number of hydrogen-bond acceptors (Lipinski definition) is 10. The van der Waals surface area contributed by atoms with Crippen LogP contribution in [-0.2, 0) is 31.2 Å². The average Bonchev–Trinajstić information content (AvgIpc) is 3.37. The molecule has 5 rings (SSSR count). The third-order valence-electron chi connectivity index (χ3n) is 8.77. The Morgan fingerprint density at radius 1 is 1.07 bits per heavy atom. The molecule has 2 fully saturated rings. The number of anilines is 2. The molecule has 9 atom stereocenters. The second-order valence-corrected chi connectivity index (χ2v) is 16.9. The largest absolute Gasteiger partial charge is 0.432 e. The second kappa shape index (κ2) is 11.9. The van der Waals surface area contributed by atoms with Crippen LogP contribution < -0.4 is 10.2 Å². The molecule has 3 aliphatic heterocycles. The van der Waals surface area contributed by atoms with Crippen LogP contribution in [-0.4, -0.2) is 93.9 Å². The van der Waals surface area contributed by atoms with Crippen LogP contribution in [0.1, 0.15) is 24.5 Å². The number of aliphatic hydroxyl groups excluding tert-OH is 5. The lowest BCUT2D eigenvalue weighted by Gasteiger charge is -2.37. The molecule has 2 amide bonds. The minimum absolute atomic E-state index is 0.129. The van der Waals surface area contributed by atoms with Gasteiger partial charge in [0.05, 0.1) is 18.3 Å². The fourth-order valence-corrected chi connectivity index (χ4v) is 9.74. The maximum atomic E-state index is 14.3. The Bertz CT molecular complexity index is 1370. The number of carbonyl (C=O) groups excluding carboxylic acids is 2. The van der Waals surface area contributed by atoms with Gasteiger partial charge in [0.1, 0.15) is 18.3 Å². The van der Waals surface area contributed by atoms with E-state index in [1.165, 1.54) is 0 Å². The van der Waals surface area contributed by atoms with E-state index in [1.54, 1.807) is 29.2 Å².